The Kier molecular flexibility index (Phi) is 4.33. The summed E-state index contributed by atoms with van der Waals surface area (Å²) in [6.45, 7) is 0.156. The van der Waals surface area contributed by atoms with Crippen LogP contribution in [0.3, 0.4) is 0 Å². The van der Waals surface area contributed by atoms with E-state index in [1.165, 1.54) is 0 Å². The van der Waals surface area contributed by atoms with Gasteiger partial charge in [-0.05, 0) is 18.2 Å². The number of benzene rings is 2. The first-order valence-electron chi connectivity index (χ1n) is 6.50. The third kappa shape index (κ3) is 3.45. The molecular weight excluding hydrogens is 268 g/mol. The first-order valence-corrected chi connectivity index (χ1v) is 6.50. The minimum atomic E-state index is -1.05. The van der Waals surface area contributed by atoms with Crippen molar-refractivity contribution in [1.29, 1.82) is 0 Å². The predicted octanol–water partition coefficient (Wildman–Crippen LogP) is 2.61. The van der Waals surface area contributed by atoms with E-state index in [0.717, 1.165) is 5.69 Å². The maximum atomic E-state index is 11.3. The molecule has 110 valence electrons. The smallest absolute Gasteiger partial charge is 0.338 e. The Bertz CT molecular complexity index is 654. The zero-order valence-corrected chi connectivity index (χ0v) is 12.0. The monoisotopic (exact) mass is 286 g/mol. The highest BCUT2D eigenvalue weighted by Gasteiger charge is 2.14. The number of carboxylic acid groups (broad SMARTS) is 1. The molecular formula is C16H18N2O3. The molecule has 0 spiro atoms. The number of carboxylic acids is 1. The Morgan fingerprint density at radius 1 is 1.24 bits per heavy atom. The maximum absolute atomic E-state index is 11.3. The van der Waals surface area contributed by atoms with Crippen molar-refractivity contribution in [3.63, 3.8) is 0 Å². The number of rotatable bonds is 5. The molecule has 0 saturated carbocycles. The van der Waals surface area contributed by atoms with E-state index >= 15 is 0 Å². The highest BCUT2D eigenvalue weighted by molar-refractivity contribution is 5.95. The normalized spacial score (nSPS) is 10.2. The van der Waals surface area contributed by atoms with Crippen LogP contribution in [-0.4, -0.2) is 25.2 Å². The van der Waals surface area contributed by atoms with Crippen molar-refractivity contribution in [2.75, 3.05) is 24.7 Å². The van der Waals surface area contributed by atoms with Crippen LogP contribution in [0.1, 0.15) is 15.9 Å². The molecule has 2 aromatic rings. The molecule has 5 heteroatoms. The van der Waals surface area contributed by atoms with Crippen molar-refractivity contribution in [2.45, 2.75) is 6.61 Å². The van der Waals surface area contributed by atoms with Crippen molar-refractivity contribution in [3.05, 3.63) is 53.6 Å². The van der Waals surface area contributed by atoms with Gasteiger partial charge in [0.15, 0.2) is 0 Å². The number of carbonyl (C=O) groups is 1. The quantitative estimate of drug-likeness (QED) is 0.826. The summed E-state index contributed by atoms with van der Waals surface area (Å²) < 4.78 is 5.68. The van der Waals surface area contributed by atoms with Crippen LogP contribution in [0.15, 0.2) is 42.5 Å². The van der Waals surface area contributed by atoms with Crippen molar-refractivity contribution >= 4 is 17.3 Å². The predicted molar refractivity (Wildman–Crippen MR) is 82.9 cm³/mol. The number of nitrogens with zero attached hydrogens (tertiary/aromatic N) is 1. The first kappa shape index (κ1) is 14.7. The fraction of sp³-hybridized carbons (Fsp3) is 0.188. The van der Waals surface area contributed by atoms with Gasteiger partial charge in [-0.3, -0.25) is 0 Å². The molecule has 0 aliphatic heterocycles. The van der Waals surface area contributed by atoms with Crippen LogP contribution >= 0.6 is 0 Å². The van der Waals surface area contributed by atoms with Crippen LogP contribution in [0.25, 0.3) is 0 Å². The number of ether oxygens (including phenoxy) is 1. The van der Waals surface area contributed by atoms with Crippen molar-refractivity contribution < 1.29 is 14.6 Å². The Hall–Kier alpha value is -2.69. The lowest BCUT2D eigenvalue weighted by Crippen LogP contribution is -2.10. The molecule has 0 unspecified atom stereocenters. The molecule has 0 heterocycles. The largest absolute Gasteiger partial charge is 0.489 e. The number of anilines is 2. The van der Waals surface area contributed by atoms with Crippen molar-refractivity contribution in [2.24, 2.45) is 0 Å². The fourth-order valence-corrected chi connectivity index (χ4v) is 2.01. The lowest BCUT2D eigenvalue weighted by atomic mass is 10.1. The summed E-state index contributed by atoms with van der Waals surface area (Å²) in [6, 6.07) is 12.6. The van der Waals surface area contributed by atoms with E-state index in [1.807, 2.05) is 43.3 Å². The standard InChI is InChI=1S/C16H18N2O3/c1-18(2)12-6-4-7-13(9-12)21-10-11-5-3-8-14(17)15(11)16(19)20/h3-9H,10,17H2,1-2H3,(H,19,20). The van der Waals surface area contributed by atoms with Gasteiger partial charge in [0.05, 0.1) is 5.56 Å². The molecule has 0 saturated heterocycles. The minimum Gasteiger partial charge on any atom is -0.489 e. The van der Waals surface area contributed by atoms with E-state index in [4.69, 9.17) is 10.5 Å². The average molecular weight is 286 g/mol. The minimum absolute atomic E-state index is 0.0984. The second-order valence-corrected chi connectivity index (χ2v) is 4.87. The number of hydrogen-bond acceptors (Lipinski definition) is 4. The number of nitrogen functional groups attached to an aromatic ring is 1. The van der Waals surface area contributed by atoms with Gasteiger partial charge in [0, 0.05) is 37.1 Å². The third-order valence-electron chi connectivity index (χ3n) is 3.13. The van der Waals surface area contributed by atoms with E-state index in [9.17, 15) is 9.90 Å². The van der Waals surface area contributed by atoms with Crippen molar-refractivity contribution in [3.8, 4) is 5.75 Å². The topological polar surface area (TPSA) is 75.8 Å². The molecule has 0 fully saturated rings. The van der Waals surface area contributed by atoms with Gasteiger partial charge in [-0.1, -0.05) is 18.2 Å². The van der Waals surface area contributed by atoms with Gasteiger partial charge in [0.25, 0.3) is 0 Å². The van der Waals surface area contributed by atoms with Crippen LogP contribution in [0, 0.1) is 0 Å². The summed E-state index contributed by atoms with van der Waals surface area (Å²) in [4.78, 5) is 13.2. The summed E-state index contributed by atoms with van der Waals surface area (Å²) >= 11 is 0. The number of hydrogen-bond donors (Lipinski definition) is 2. The van der Waals surface area contributed by atoms with Crippen LogP contribution in [0.5, 0.6) is 5.75 Å². The third-order valence-corrected chi connectivity index (χ3v) is 3.13. The molecule has 0 radical (unpaired) electrons. The van der Waals surface area contributed by atoms with E-state index in [-0.39, 0.29) is 17.9 Å². The van der Waals surface area contributed by atoms with Gasteiger partial charge in [-0.2, -0.15) is 0 Å². The van der Waals surface area contributed by atoms with E-state index in [0.29, 0.717) is 11.3 Å². The zero-order valence-electron chi connectivity index (χ0n) is 12.0. The Morgan fingerprint density at radius 3 is 2.62 bits per heavy atom. The molecule has 3 N–H and O–H groups in total. The summed E-state index contributed by atoms with van der Waals surface area (Å²) in [5.41, 5.74) is 7.62. The van der Waals surface area contributed by atoms with Crippen LogP contribution in [0.2, 0.25) is 0 Å². The highest BCUT2D eigenvalue weighted by Crippen LogP contribution is 2.22. The van der Waals surface area contributed by atoms with Crippen LogP contribution in [-0.2, 0) is 6.61 Å². The maximum Gasteiger partial charge on any atom is 0.338 e. The summed E-state index contributed by atoms with van der Waals surface area (Å²) in [6.07, 6.45) is 0. The van der Waals surface area contributed by atoms with E-state index in [2.05, 4.69) is 0 Å². The van der Waals surface area contributed by atoms with E-state index < -0.39 is 5.97 Å². The van der Waals surface area contributed by atoms with Gasteiger partial charge in [-0.15, -0.1) is 0 Å². The SMILES string of the molecule is CN(C)c1cccc(OCc2cccc(N)c2C(=O)O)c1. The van der Waals surface area contributed by atoms with Gasteiger partial charge < -0.3 is 20.5 Å². The van der Waals surface area contributed by atoms with Crippen LogP contribution < -0.4 is 15.4 Å². The second kappa shape index (κ2) is 6.17. The van der Waals surface area contributed by atoms with Crippen molar-refractivity contribution in [1.82, 2.24) is 0 Å². The van der Waals surface area contributed by atoms with Gasteiger partial charge in [0.2, 0.25) is 0 Å². The molecule has 0 atom stereocenters. The molecule has 21 heavy (non-hydrogen) atoms. The highest BCUT2D eigenvalue weighted by atomic mass is 16.5. The molecule has 2 rings (SSSR count). The molecule has 0 aromatic heterocycles. The Balaban J connectivity index is 2.19. The Labute approximate surface area is 123 Å². The molecule has 0 aliphatic rings. The average Bonchev–Trinajstić information content (AvgIpc) is 2.45. The lowest BCUT2D eigenvalue weighted by Gasteiger charge is -2.15. The van der Waals surface area contributed by atoms with Crippen LogP contribution in [0.4, 0.5) is 11.4 Å². The molecule has 0 bridgehead atoms. The van der Waals surface area contributed by atoms with Gasteiger partial charge in [-0.25, -0.2) is 4.79 Å². The first-order chi connectivity index (χ1) is 9.99. The molecule has 0 aliphatic carbocycles. The lowest BCUT2D eigenvalue weighted by molar-refractivity contribution is 0.0695. The summed E-state index contributed by atoms with van der Waals surface area (Å²) in [5, 5.41) is 9.22. The summed E-state index contributed by atoms with van der Waals surface area (Å²) in [7, 11) is 3.89. The molecule has 5 nitrogen and oxygen atoms in total. The second-order valence-electron chi connectivity index (χ2n) is 4.87. The molecule has 2 aromatic carbocycles. The number of nitrogens with two attached hydrogens (primary N) is 1. The Morgan fingerprint density at radius 2 is 1.95 bits per heavy atom. The number of aromatic carboxylic acids is 1. The summed E-state index contributed by atoms with van der Waals surface area (Å²) in [5.74, 6) is -0.367. The fourth-order valence-electron chi connectivity index (χ4n) is 2.01. The van der Waals surface area contributed by atoms with E-state index in [1.54, 1.807) is 18.2 Å². The van der Waals surface area contributed by atoms with Gasteiger partial charge in [0.1, 0.15) is 12.4 Å². The van der Waals surface area contributed by atoms with Gasteiger partial charge >= 0.3 is 5.97 Å². The molecule has 0 amide bonds. The zero-order chi connectivity index (χ0) is 15.4.